The maximum atomic E-state index is 9.16. The number of nitrogens with one attached hydrogen (secondary N) is 1. The van der Waals surface area contributed by atoms with Gasteiger partial charge in [-0.3, -0.25) is 0 Å². The zero-order valence-electron chi connectivity index (χ0n) is 14.5. The van der Waals surface area contributed by atoms with E-state index in [0.29, 0.717) is 22.3 Å². The van der Waals surface area contributed by atoms with Crippen LogP contribution >= 0.6 is 12.2 Å². The Kier molecular flexibility index (Phi) is 5.87. The summed E-state index contributed by atoms with van der Waals surface area (Å²) >= 11 is 5.50. The average Bonchev–Trinajstić information content (AvgIpc) is 2.69. The largest absolute Gasteiger partial charge is 0.489 e. The lowest BCUT2D eigenvalue weighted by Gasteiger charge is -2.34. The molecule has 0 bridgehead atoms. The maximum absolute atomic E-state index is 9.16. The van der Waals surface area contributed by atoms with Gasteiger partial charge in [-0.15, -0.1) is 0 Å². The molecule has 1 aliphatic rings. The zero-order valence-corrected chi connectivity index (χ0v) is 15.3. The Balaban J connectivity index is 1.51. The molecule has 1 saturated heterocycles. The molecule has 1 fully saturated rings. The topological polar surface area (TPSA) is 70.4 Å². The fourth-order valence-corrected chi connectivity index (χ4v) is 3.10. The molecule has 26 heavy (non-hydrogen) atoms. The predicted molar refractivity (Wildman–Crippen MR) is 103 cm³/mol. The Morgan fingerprint density at radius 3 is 2.69 bits per heavy atom. The number of para-hydroxylation sites is 1. The summed E-state index contributed by atoms with van der Waals surface area (Å²) in [5.74, 6) is 1.22. The number of benzene rings is 1. The minimum absolute atomic E-state index is 0.0891. The van der Waals surface area contributed by atoms with Crippen molar-refractivity contribution in [2.24, 2.45) is 0 Å². The number of nitrogens with zero attached hydrogens (tertiary/aromatic N) is 3. The normalized spacial score (nSPS) is 14.4. The Bertz CT molecular complexity index is 796. The van der Waals surface area contributed by atoms with Crippen LogP contribution in [0, 0.1) is 11.3 Å². The number of nitriles is 1. The van der Waals surface area contributed by atoms with Crippen LogP contribution in [0.25, 0.3) is 0 Å². The summed E-state index contributed by atoms with van der Waals surface area (Å²) in [5, 5.41) is 13.0. The first-order valence-electron chi connectivity index (χ1n) is 8.41. The van der Waals surface area contributed by atoms with E-state index in [0.717, 1.165) is 31.6 Å². The van der Waals surface area contributed by atoms with Gasteiger partial charge in [0.15, 0.2) is 5.11 Å². The molecule has 0 unspecified atom stereocenters. The summed E-state index contributed by atoms with van der Waals surface area (Å²) in [6.07, 6.45) is 3.48. The number of methoxy groups -OCH3 is 1. The van der Waals surface area contributed by atoms with Gasteiger partial charge in [0.1, 0.15) is 17.9 Å². The zero-order chi connectivity index (χ0) is 18.4. The van der Waals surface area contributed by atoms with Crippen LogP contribution in [-0.4, -0.2) is 41.3 Å². The van der Waals surface area contributed by atoms with Gasteiger partial charge in [-0.2, -0.15) is 5.26 Å². The molecule has 0 spiro atoms. The Morgan fingerprint density at radius 1 is 1.27 bits per heavy atom. The Morgan fingerprint density at radius 2 is 2.04 bits per heavy atom. The fourth-order valence-electron chi connectivity index (χ4n) is 2.80. The molecule has 0 radical (unpaired) electrons. The number of ether oxygens (including phenoxy) is 2. The Labute approximate surface area is 158 Å². The van der Waals surface area contributed by atoms with Crippen LogP contribution in [0.15, 0.2) is 42.6 Å². The third kappa shape index (κ3) is 4.41. The number of hydrogen-bond acceptors (Lipinski definition) is 5. The van der Waals surface area contributed by atoms with E-state index in [1.54, 1.807) is 25.4 Å². The highest BCUT2D eigenvalue weighted by atomic mass is 32.1. The lowest BCUT2D eigenvalue weighted by atomic mass is 10.1. The van der Waals surface area contributed by atoms with Crippen LogP contribution in [0.5, 0.6) is 11.6 Å². The van der Waals surface area contributed by atoms with Crippen molar-refractivity contribution in [3.8, 4) is 17.7 Å². The van der Waals surface area contributed by atoms with Crippen molar-refractivity contribution in [2.75, 3.05) is 25.5 Å². The highest BCUT2D eigenvalue weighted by Crippen LogP contribution is 2.23. The lowest BCUT2D eigenvalue weighted by Crippen LogP contribution is -2.43. The van der Waals surface area contributed by atoms with E-state index < -0.39 is 0 Å². The molecule has 2 heterocycles. The van der Waals surface area contributed by atoms with Gasteiger partial charge < -0.3 is 19.7 Å². The molecule has 0 aliphatic carbocycles. The molecular weight excluding hydrogens is 348 g/mol. The SMILES string of the molecule is COc1ccc(NC(=S)N2CCC(Oc3ccccc3C#N)CC2)cn1. The van der Waals surface area contributed by atoms with Gasteiger partial charge in [0.25, 0.3) is 0 Å². The molecule has 0 atom stereocenters. The monoisotopic (exact) mass is 368 g/mol. The third-order valence-corrected chi connectivity index (χ3v) is 4.59. The summed E-state index contributed by atoms with van der Waals surface area (Å²) in [7, 11) is 1.58. The standard InChI is InChI=1S/C19H20N4O2S/c1-24-18-7-6-15(13-21-18)22-19(26)23-10-8-16(9-11-23)25-17-5-3-2-4-14(17)12-20/h2-7,13,16H,8-11H2,1H3,(H,22,26). The van der Waals surface area contributed by atoms with Gasteiger partial charge in [-0.25, -0.2) is 4.98 Å². The van der Waals surface area contributed by atoms with Crippen LogP contribution in [0.3, 0.4) is 0 Å². The number of pyridine rings is 1. The number of piperidine rings is 1. The minimum atomic E-state index is 0.0891. The van der Waals surface area contributed by atoms with Crippen LogP contribution < -0.4 is 14.8 Å². The molecule has 1 N–H and O–H groups in total. The molecule has 6 nitrogen and oxygen atoms in total. The molecular formula is C19H20N4O2S. The first-order chi connectivity index (χ1) is 12.7. The van der Waals surface area contributed by atoms with Crippen LogP contribution in [0.2, 0.25) is 0 Å². The molecule has 0 saturated carbocycles. The highest BCUT2D eigenvalue weighted by Gasteiger charge is 2.23. The first kappa shape index (κ1) is 18.0. The second-order valence-electron chi connectivity index (χ2n) is 5.93. The van der Waals surface area contributed by atoms with E-state index in [-0.39, 0.29) is 6.10 Å². The van der Waals surface area contributed by atoms with E-state index >= 15 is 0 Å². The van der Waals surface area contributed by atoms with E-state index in [4.69, 9.17) is 27.0 Å². The Hall–Kier alpha value is -2.85. The van der Waals surface area contributed by atoms with Crippen molar-refractivity contribution in [2.45, 2.75) is 18.9 Å². The van der Waals surface area contributed by atoms with E-state index in [2.05, 4.69) is 21.3 Å². The van der Waals surface area contributed by atoms with Gasteiger partial charge in [0, 0.05) is 32.0 Å². The number of rotatable bonds is 4. The van der Waals surface area contributed by atoms with Crippen molar-refractivity contribution < 1.29 is 9.47 Å². The van der Waals surface area contributed by atoms with Crippen molar-refractivity contribution >= 4 is 23.0 Å². The summed E-state index contributed by atoms with van der Waals surface area (Å²) in [6, 6.07) is 13.2. The fraction of sp³-hybridized carbons (Fsp3) is 0.316. The van der Waals surface area contributed by atoms with Crippen molar-refractivity contribution in [3.05, 3.63) is 48.2 Å². The number of likely N-dealkylation sites (tertiary alicyclic amines) is 1. The number of hydrogen-bond donors (Lipinski definition) is 1. The minimum Gasteiger partial charge on any atom is -0.489 e. The smallest absolute Gasteiger partial charge is 0.213 e. The summed E-state index contributed by atoms with van der Waals surface area (Å²) in [6.45, 7) is 1.60. The molecule has 1 aromatic carbocycles. The average molecular weight is 368 g/mol. The van der Waals surface area contributed by atoms with Crippen molar-refractivity contribution in [1.82, 2.24) is 9.88 Å². The van der Waals surface area contributed by atoms with Crippen molar-refractivity contribution in [1.29, 1.82) is 5.26 Å². The summed E-state index contributed by atoms with van der Waals surface area (Å²) < 4.78 is 11.1. The molecule has 1 aromatic heterocycles. The maximum Gasteiger partial charge on any atom is 0.213 e. The summed E-state index contributed by atoms with van der Waals surface area (Å²) in [5.41, 5.74) is 1.40. The van der Waals surface area contributed by atoms with Crippen LogP contribution in [-0.2, 0) is 0 Å². The van der Waals surface area contributed by atoms with E-state index in [9.17, 15) is 0 Å². The highest BCUT2D eigenvalue weighted by molar-refractivity contribution is 7.80. The molecule has 1 aliphatic heterocycles. The second kappa shape index (κ2) is 8.50. The molecule has 7 heteroatoms. The number of anilines is 1. The van der Waals surface area contributed by atoms with Crippen LogP contribution in [0.1, 0.15) is 18.4 Å². The van der Waals surface area contributed by atoms with E-state index in [1.165, 1.54) is 0 Å². The number of aromatic nitrogens is 1. The molecule has 3 rings (SSSR count). The first-order valence-corrected chi connectivity index (χ1v) is 8.82. The van der Waals surface area contributed by atoms with Gasteiger partial charge >= 0.3 is 0 Å². The summed E-state index contributed by atoms with van der Waals surface area (Å²) in [4.78, 5) is 6.28. The van der Waals surface area contributed by atoms with Gasteiger partial charge in [0.05, 0.1) is 24.6 Å². The van der Waals surface area contributed by atoms with E-state index in [1.807, 2.05) is 24.3 Å². The lowest BCUT2D eigenvalue weighted by molar-refractivity contribution is 0.131. The van der Waals surface area contributed by atoms with Gasteiger partial charge in [-0.05, 0) is 30.4 Å². The predicted octanol–water partition coefficient (Wildman–Crippen LogP) is 3.20. The molecule has 0 amide bonds. The van der Waals surface area contributed by atoms with Gasteiger partial charge in [-0.1, -0.05) is 12.1 Å². The van der Waals surface area contributed by atoms with Crippen molar-refractivity contribution in [3.63, 3.8) is 0 Å². The molecule has 2 aromatic rings. The van der Waals surface area contributed by atoms with Crippen LogP contribution in [0.4, 0.5) is 5.69 Å². The quantitative estimate of drug-likeness (QED) is 0.831. The second-order valence-corrected chi connectivity index (χ2v) is 6.32. The van der Waals surface area contributed by atoms with Gasteiger partial charge in [0.2, 0.25) is 5.88 Å². The molecule has 134 valence electrons. The third-order valence-electron chi connectivity index (χ3n) is 4.23. The number of thiocarbonyl (C=S) groups is 1.